The first-order chi connectivity index (χ1) is 14.1. The number of guanidine groups is 1. The standard InChI is InChI=1S/C22H34N6O.HI/c1-18(2)14-27-10-11-29-21(16-27)13-26-22(23-3)25-12-19-4-6-20(7-5-19)15-28-9-8-24-17-28;/h4-9,17-18,21H,10-16H2,1-3H3,(H2,23,25,26);1H. The third-order valence-corrected chi connectivity index (χ3v) is 4.97. The molecule has 1 fully saturated rings. The number of benzene rings is 1. The smallest absolute Gasteiger partial charge is 0.191 e. The van der Waals surface area contributed by atoms with E-state index < -0.39 is 0 Å². The molecule has 166 valence electrons. The molecule has 0 aliphatic carbocycles. The van der Waals surface area contributed by atoms with Gasteiger partial charge in [-0.2, -0.15) is 0 Å². The van der Waals surface area contributed by atoms with Gasteiger partial charge in [0.25, 0.3) is 0 Å². The average Bonchev–Trinajstić information content (AvgIpc) is 3.22. The van der Waals surface area contributed by atoms with Gasteiger partial charge in [-0.15, -0.1) is 24.0 Å². The zero-order chi connectivity index (χ0) is 20.5. The summed E-state index contributed by atoms with van der Waals surface area (Å²) in [6, 6.07) is 8.62. The lowest BCUT2D eigenvalue weighted by molar-refractivity contribution is -0.0284. The number of imidazole rings is 1. The van der Waals surface area contributed by atoms with Crippen molar-refractivity contribution < 1.29 is 4.74 Å². The highest BCUT2D eigenvalue weighted by Gasteiger charge is 2.21. The number of aromatic nitrogens is 2. The molecule has 2 aromatic rings. The van der Waals surface area contributed by atoms with Gasteiger partial charge in [0.15, 0.2) is 5.96 Å². The first-order valence-electron chi connectivity index (χ1n) is 10.4. The number of halogens is 1. The fourth-order valence-corrected chi connectivity index (χ4v) is 3.56. The molecule has 8 heteroatoms. The van der Waals surface area contributed by atoms with Crippen molar-refractivity contribution in [3.63, 3.8) is 0 Å². The van der Waals surface area contributed by atoms with Crippen molar-refractivity contribution in [2.75, 3.05) is 39.8 Å². The number of nitrogens with one attached hydrogen (secondary N) is 2. The number of nitrogens with zero attached hydrogens (tertiary/aromatic N) is 4. The fraction of sp³-hybridized carbons (Fsp3) is 0.545. The minimum atomic E-state index is 0. The van der Waals surface area contributed by atoms with Crippen molar-refractivity contribution in [1.82, 2.24) is 25.1 Å². The Morgan fingerprint density at radius 3 is 2.67 bits per heavy atom. The average molecular weight is 526 g/mol. The minimum Gasteiger partial charge on any atom is -0.374 e. The van der Waals surface area contributed by atoms with Crippen LogP contribution in [0.3, 0.4) is 0 Å². The molecular formula is C22H35IN6O. The Morgan fingerprint density at radius 2 is 2.00 bits per heavy atom. The van der Waals surface area contributed by atoms with Crippen molar-refractivity contribution in [3.8, 4) is 0 Å². The van der Waals surface area contributed by atoms with E-state index in [0.717, 1.165) is 51.8 Å². The van der Waals surface area contributed by atoms with Gasteiger partial charge in [-0.25, -0.2) is 4.98 Å². The van der Waals surface area contributed by atoms with Crippen LogP contribution in [-0.4, -0.2) is 66.3 Å². The number of hydrogen-bond acceptors (Lipinski definition) is 4. The predicted octanol–water partition coefficient (Wildman–Crippen LogP) is 2.57. The lowest BCUT2D eigenvalue weighted by Crippen LogP contribution is -2.50. The molecule has 0 radical (unpaired) electrons. The molecule has 1 saturated heterocycles. The van der Waals surface area contributed by atoms with E-state index in [9.17, 15) is 0 Å². The zero-order valence-electron chi connectivity index (χ0n) is 18.3. The SMILES string of the molecule is CN=C(NCc1ccc(Cn2ccnc2)cc1)NCC1CN(CC(C)C)CCO1.I. The Bertz CT molecular complexity index is 747. The summed E-state index contributed by atoms with van der Waals surface area (Å²) in [4.78, 5) is 10.9. The van der Waals surface area contributed by atoms with Crippen LogP contribution in [0, 0.1) is 5.92 Å². The molecule has 1 aromatic heterocycles. The molecule has 0 bridgehead atoms. The van der Waals surface area contributed by atoms with Crippen molar-refractivity contribution in [1.29, 1.82) is 0 Å². The van der Waals surface area contributed by atoms with E-state index in [1.54, 1.807) is 13.2 Å². The minimum absolute atomic E-state index is 0. The van der Waals surface area contributed by atoms with Gasteiger partial charge in [0, 0.05) is 58.7 Å². The largest absolute Gasteiger partial charge is 0.374 e. The first-order valence-corrected chi connectivity index (χ1v) is 10.4. The van der Waals surface area contributed by atoms with Crippen LogP contribution in [0.2, 0.25) is 0 Å². The van der Waals surface area contributed by atoms with Crippen LogP contribution >= 0.6 is 24.0 Å². The Hall–Kier alpha value is -1.65. The number of morpholine rings is 1. The summed E-state index contributed by atoms with van der Waals surface area (Å²) in [5.41, 5.74) is 2.48. The highest BCUT2D eigenvalue weighted by molar-refractivity contribution is 14.0. The van der Waals surface area contributed by atoms with Crippen LogP contribution in [0.4, 0.5) is 0 Å². The monoisotopic (exact) mass is 526 g/mol. The van der Waals surface area contributed by atoms with Crippen molar-refractivity contribution in [2.24, 2.45) is 10.9 Å². The summed E-state index contributed by atoms with van der Waals surface area (Å²) in [5.74, 6) is 1.49. The molecule has 0 amide bonds. The van der Waals surface area contributed by atoms with Gasteiger partial charge in [-0.05, 0) is 17.0 Å². The Kier molecular flexibility index (Phi) is 10.6. The highest BCUT2D eigenvalue weighted by Crippen LogP contribution is 2.08. The van der Waals surface area contributed by atoms with E-state index in [1.165, 1.54) is 11.1 Å². The van der Waals surface area contributed by atoms with Gasteiger partial charge in [0.05, 0.1) is 19.0 Å². The summed E-state index contributed by atoms with van der Waals surface area (Å²) in [7, 11) is 1.80. The third-order valence-electron chi connectivity index (χ3n) is 4.97. The van der Waals surface area contributed by atoms with Crippen LogP contribution in [-0.2, 0) is 17.8 Å². The van der Waals surface area contributed by atoms with Crippen molar-refractivity contribution in [2.45, 2.75) is 33.0 Å². The summed E-state index contributed by atoms with van der Waals surface area (Å²) < 4.78 is 7.97. The highest BCUT2D eigenvalue weighted by atomic mass is 127. The molecule has 7 nitrogen and oxygen atoms in total. The first kappa shape index (κ1) is 24.6. The quantitative estimate of drug-likeness (QED) is 0.315. The molecule has 1 unspecified atom stereocenters. The maximum absolute atomic E-state index is 5.91. The number of rotatable bonds is 8. The van der Waals surface area contributed by atoms with E-state index in [4.69, 9.17) is 4.74 Å². The van der Waals surface area contributed by atoms with Gasteiger partial charge < -0.3 is 19.9 Å². The van der Waals surface area contributed by atoms with Crippen LogP contribution in [0.5, 0.6) is 0 Å². The molecule has 1 atom stereocenters. The van der Waals surface area contributed by atoms with Crippen LogP contribution < -0.4 is 10.6 Å². The molecule has 1 aliphatic heterocycles. The topological polar surface area (TPSA) is 66.7 Å². The van der Waals surface area contributed by atoms with E-state index in [2.05, 4.69) is 68.2 Å². The Labute approximate surface area is 197 Å². The number of aliphatic imine (C=N–C) groups is 1. The molecular weight excluding hydrogens is 491 g/mol. The van der Waals surface area contributed by atoms with Gasteiger partial charge in [0.2, 0.25) is 0 Å². The van der Waals surface area contributed by atoms with E-state index in [0.29, 0.717) is 5.92 Å². The third kappa shape index (κ3) is 8.23. The fourth-order valence-electron chi connectivity index (χ4n) is 3.56. The summed E-state index contributed by atoms with van der Waals surface area (Å²) >= 11 is 0. The second-order valence-electron chi connectivity index (χ2n) is 8.00. The van der Waals surface area contributed by atoms with Gasteiger partial charge >= 0.3 is 0 Å². The lowest BCUT2D eigenvalue weighted by atomic mass is 10.1. The Morgan fingerprint density at radius 1 is 1.23 bits per heavy atom. The summed E-state index contributed by atoms with van der Waals surface area (Å²) in [6.45, 7) is 10.8. The van der Waals surface area contributed by atoms with E-state index >= 15 is 0 Å². The summed E-state index contributed by atoms with van der Waals surface area (Å²) in [6.07, 6.45) is 5.81. The molecule has 0 saturated carbocycles. The van der Waals surface area contributed by atoms with Crippen LogP contribution in [0.25, 0.3) is 0 Å². The lowest BCUT2D eigenvalue weighted by Gasteiger charge is -2.34. The van der Waals surface area contributed by atoms with E-state index in [1.807, 2.05) is 12.5 Å². The van der Waals surface area contributed by atoms with Crippen molar-refractivity contribution >= 4 is 29.9 Å². The molecule has 2 heterocycles. The molecule has 1 aromatic carbocycles. The van der Waals surface area contributed by atoms with Crippen molar-refractivity contribution in [3.05, 3.63) is 54.1 Å². The maximum atomic E-state index is 5.91. The predicted molar refractivity (Wildman–Crippen MR) is 132 cm³/mol. The second kappa shape index (κ2) is 12.9. The molecule has 1 aliphatic rings. The Balaban J connectivity index is 0.00000320. The molecule has 2 N–H and O–H groups in total. The van der Waals surface area contributed by atoms with E-state index in [-0.39, 0.29) is 30.1 Å². The number of ether oxygens (including phenoxy) is 1. The van der Waals surface area contributed by atoms with Crippen LogP contribution in [0.1, 0.15) is 25.0 Å². The maximum Gasteiger partial charge on any atom is 0.191 e. The zero-order valence-corrected chi connectivity index (χ0v) is 20.6. The molecule has 3 rings (SSSR count). The number of hydrogen-bond donors (Lipinski definition) is 2. The van der Waals surface area contributed by atoms with Gasteiger partial charge in [-0.3, -0.25) is 9.89 Å². The normalized spacial score (nSPS) is 17.6. The summed E-state index contributed by atoms with van der Waals surface area (Å²) in [5, 5.41) is 6.79. The molecule has 0 spiro atoms. The van der Waals surface area contributed by atoms with Crippen LogP contribution in [0.15, 0.2) is 48.0 Å². The van der Waals surface area contributed by atoms with Gasteiger partial charge in [0.1, 0.15) is 0 Å². The second-order valence-corrected chi connectivity index (χ2v) is 8.00. The van der Waals surface area contributed by atoms with Gasteiger partial charge in [-0.1, -0.05) is 38.1 Å². The molecule has 30 heavy (non-hydrogen) atoms.